The van der Waals surface area contributed by atoms with Crippen LogP contribution in [0.2, 0.25) is 0 Å². The van der Waals surface area contributed by atoms with Crippen molar-refractivity contribution in [2.24, 2.45) is 0 Å². The van der Waals surface area contributed by atoms with Gasteiger partial charge in [0.1, 0.15) is 29.8 Å². The highest BCUT2D eigenvalue weighted by molar-refractivity contribution is 5.87. The summed E-state index contributed by atoms with van der Waals surface area (Å²) in [5.41, 5.74) is 2.05. The molecular formula is C29H36F3N7O2. The van der Waals surface area contributed by atoms with Crippen LogP contribution in [-0.2, 0) is 15.1 Å². The summed E-state index contributed by atoms with van der Waals surface area (Å²) >= 11 is 0. The van der Waals surface area contributed by atoms with Crippen molar-refractivity contribution in [3.63, 3.8) is 0 Å². The Balaban J connectivity index is 1.22. The van der Waals surface area contributed by atoms with Gasteiger partial charge < -0.3 is 19.4 Å². The number of amides is 1. The zero-order chi connectivity index (χ0) is 28.9. The fourth-order valence-electron chi connectivity index (χ4n) is 6.57. The molecule has 1 amide bonds. The van der Waals surface area contributed by atoms with E-state index in [9.17, 15) is 18.0 Å². The molecule has 1 atom stereocenters. The third-order valence-corrected chi connectivity index (χ3v) is 8.82. The number of anilines is 2. The quantitative estimate of drug-likeness (QED) is 0.473. The smallest absolute Gasteiger partial charge is 0.281 e. The molecule has 0 radical (unpaired) electrons. The Morgan fingerprint density at radius 3 is 2.59 bits per heavy atom. The molecule has 41 heavy (non-hydrogen) atoms. The summed E-state index contributed by atoms with van der Waals surface area (Å²) in [5.74, 6) is 0.432. The number of aryl methyl sites for hydroxylation is 1. The highest BCUT2D eigenvalue weighted by Crippen LogP contribution is 2.45. The van der Waals surface area contributed by atoms with Crippen LogP contribution in [0, 0.1) is 6.92 Å². The molecule has 9 nitrogen and oxygen atoms in total. The number of allylic oxidation sites excluding steroid dienone is 1. The lowest BCUT2D eigenvalue weighted by Gasteiger charge is -2.53. The Morgan fingerprint density at radius 2 is 1.95 bits per heavy atom. The number of pyridine rings is 1. The molecule has 1 spiro atoms. The van der Waals surface area contributed by atoms with Gasteiger partial charge in [0.05, 0.1) is 31.6 Å². The first-order chi connectivity index (χ1) is 19.8. The first-order valence-corrected chi connectivity index (χ1v) is 14.1. The van der Waals surface area contributed by atoms with Crippen LogP contribution in [0.4, 0.5) is 24.7 Å². The Kier molecular flexibility index (Phi) is 7.31. The van der Waals surface area contributed by atoms with Gasteiger partial charge in [0.25, 0.3) is 6.43 Å². The number of carbonyl (C=O) groups is 1. The summed E-state index contributed by atoms with van der Waals surface area (Å²) in [6.45, 7) is 12.1. The summed E-state index contributed by atoms with van der Waals surface area (Å²) in [6, 6.07) is 1.73. The van der Waals surface area contributed by atoms with Crippen LogP contribution in [-0.4, -0.2) is 102 Å². The average molecular weight is 572 g/mol. The van der Waals surface area contributed by atoms with E-state index in [1.165, 1.54) is 6.08 Å². The summed E-state index contributed by atoms with van der Waals surface area (Å²) in [7, 11) is 0. The largest absolute Gasteiger partial charge is 0.368 e. The van der Waals surface area contributed by atoms with Crippen molar-refractivity contribution >= 4 is 23.5 Å². The van der Waals surface area contributed by atoms with Crippen LogP contribution in [0.3, 0.4) is 0 Å². The fraction of sp³-hybridized carbons (Fsp3) is 0.552. The molecule has 2 aromatic rings. The average Bonchev–Trinajstić information content (AvgIpc) is 3.33. The van der Waals surface area contributed by atoms with E-state index in [-0.39, 0.29) is 24.2 Å². The standard InChI is InChI=1S/C29H36F3N7O2/c1-4-6-22-23(37-14-21(15-37)35-7-9-36(10-8-35)25(40)5-2)11-24(34-26(22)28(31)32)38-17-29(18-38)27-19(3)13-33-39(27)20(12-30)16-41-29/h4-6,11,13,20-21,28H,2,7-10,12,14-18H2,1,3H3/b6-4-. The summed E-state index contributed by atoms with van der Waals surface area (Å²) < 4.78 is 50.3. The van der Waals surface area contributed by atoms with E-state index in [4.69, 9.17) is 4.74 Å². The Morgan fingerprint density at radius 1 is 1.22 bits per heavy atom. The van der Waals surface area contributed by atoms with Gasteiger partial charge in [0.15, 0.2) is 0 Å². The van der Waals surface area contributed by atoms with Crippen molar-refractivity contribution < 1.29 is 22.7 Å². The number of rotatable bonds is 7. The molecule has 0 N–H and O–H groups in total. The number of fused-ring (bicyclic) bond motifs is 2. The molecule has 3 fully saturated rings. The van der Waals surface area contributed by atoms with Crippen molar-refractivity contribution in [2.75, 3.05) is 75.4 Å². The third kappa shape index (κ3) is 4.70. The number of ether oxygens (including phenoxy) is 1. The number of hydrogen-bond acceptors (Lipinski definition) is 7. The molecule has 6 rings (SSSR count). The predicted octanol–water partition coefficient (Wildman–Crippen LogP) is 3.33. The molecule has 3 saturated heterocycles. The Labute approximate surface area is 237 Å². The predicted molar refractivity (Wildman–Crippen MR) is 150 cm³/mol. The second-order valence-corrected chi connectivity index (χ2v) is 11.3. The zero-order valence-corrected chi connectivity index (χ0v) is 23.5. The maximum absolute atomic E-state index is 14.4. The molecule has 4 aliphatic rings. The number of piperazine rings is 1. The van der Waals surface area contributed by atoms with E-state index >= 15 is 0 Å². The van der Waals surface area contributed by atoms with Gasteiger partial charge in [-0.05, 0) is 25.5 Å². The maximum Gasteiger partial charge on any atom is 0.281 e. The van der Waals surface area contributed by atoms with Gasteiger partial charge >= 0.3 is 0 Å². The Hall–Kier alpha value is -3.38. The molecule has 0 bridgehead atoms. The maximum atomic E-state index is 14.4. The minimum atomic E-state index is -2.73. The second kappa shape index (κ2) is 10.8. The summed E-state index contributed by atoms with van der Waals surface area (Å²) in [6.07, 6.45) is 3.82. The lowest BCUT2D eigenvalue weighted by Crippen LogP contribution is -2.64. The van der Waals surface area contributed by atoms with E-state index in [0.717, 1.165) is 30.0 Å². The van der Waals surface area contributed by atoms with Crippen molar-refractivity contribution in [2.45, 2.75) is 38.0 Å². The molecule has 0 aromatic carbocycles. The minimum absolute atomic E-state index is 0.0482. The van der Waals surface area contributed by atoms with Crippen LogP contribution >= 0.6 is 0 Å². The number of aromatic nitrogens is 3. The molecule has 0 saturated carbocycles. The number of alkyl halides is 3. The number of nitrogens with zero attached hydrogens (tertiary/aromatic N) is 7. The van der Waals surface area contributed by atoms with Gasteiger partial charge in [-0.3, -0.25) is 14.4 Å². The number of carbonyl (C=O) groups excluding carboxylic acids is 1. The van der Waals surface area contributed by atoms with Crippen LogP contribution in [0.5, 0.6) is 0 Å². The van der Waals surface area contributed by atoms with Gasteiger partial charge in [-0.2, -0.15) is 5.10 Å². The van der Waals surface area contributed by atoms with Crippen molar-refractivity contribution in [1.29, 1.82) is 0 Å². The van der Waals surface area contributed by atoms with Gasteiger partial charge in [-0.1, -0.05) is 18.7 Å². The van der Waals surface area contributed by atoms with E-state index < -0.39 is 24.7 Å². The van der Waals surface area contributed by atoms with Gasteiger partial charge in [-0.25, -0.2) is 18.2 Å². The van der Waals surface area contributed by atoms with Crippen molar-refractivity contribution in [3.05, 3.63) is 53.5 Å². The highest BCUT2D eigenvalue weighted by atomic mass is 19.3. The first kappa shape index (κ1) is 27.8. The van der Waals surface area contributed by atoms with E-state index in [0.29, 0.717) is 50.6 Å². The van der Waals surface area contributed by atoms with Crippen molar-refractivity contribution in [1.82, 2.24) is 24.6 Å². The van der Waals surface area contributed by atoms with Crippen LogP contribution in [0.1, 0.15) is 41.9 Å². The summed E-state index contributed by atoms with van der Waals surface area (Å²) in [4.78, 5) is 24.6. The highest BCUT2D eigenvalue weighted by Gasteiger charge is 2.53. The number of halogens is 3. The molecule has 12 heteroatoms. The lowest BCUT2D eigenvalue weighted by atomic mass is 9.86. The minimum Gasteiger partial charge on any atom is -0.368 e. The zero-order valence-electron chi connectivity index (χ0n) is 23.5. The van der Waals surface area contributed by atoms with Crippen LogP contribution < -0.4 is 9.80 Å². The normalized spacial score (nSPS) is 22.8. The Bertz CT molecular complexity index is 1340. The van der Waals surface area contributed by atoms with Gasteiger partial charge in [0.2, 0.25) is 5.91 Å². The fourth-order valence-corrected chi connectivity index (χ4v) is 6.57. The summed E-state index contributed by atoms with van der Waals surface area (Å²) in [5, 5.41) is 4.39. The molecule has 0 aliphatic carbocycles. The first-order valence-electron chi connectivity index (χ1n) is 14.1. The van der Waals surface area contributed by atoms with Crippen LogP contribution in [0.25, 0.3) is 6.08 Å². The van der Waals surface area contributed by atoms with Gasteiger partial charge in [-0.15, -0.1) is 0 Å². The monoisotopic (exact) mass is 571 g/mol. The lowest BCUT2D eigenvalue weighted by molar-refractivity contribution is -0.128. The molecule has 2 aromatic heterocycles. The molecule has 4 aliphatic heterocycles. The van der Waals surface area contributed by atoms with E-state index in [2.05, 4.69) is 26.5 Å². The third-order valence-electron chi connectivity index (χ3n) is 8.82. The van der Waals surface area contributed by atoms with Gasteiger partial charge in [0, 0.05) is 62.6 Å². The molecule has 1 unspecified atom stereocenters. The van der Waals surface area contributed by atoms with Crippen molar-refractivity contribution in [3.8, 4) is 0 Å². The van der Waals surface area contributed by atoms with E-state index in [1.807, 2.05) is 24.8 Å². The molecule has 220 valence electrons. The number of hydrogen-bond donors (Lipinski definition) is 0. The molecular weight excluding hydrogens is 535 g/mol. The second-order valence-electron chi connectivity index (χ2n) is 11.3. The SMILES string of the molecule is C=CC(=O)N1CCN(C2CN(c3cc(N4CC5(C4)OCC(CF)n4ncc(C)c45)nc(C(F)F)c3/C=C\C)C2)CC1. The van der Waals surface area contributed by atoms with Crippen LogP contribution in [0.15, 0.2) is 31.0 Å². The molecule has 6 heterocycles. The topological polar surface area (TPSA) is 70.0 Å². The van der Waals surface area contributed by atoms with E-state index in [1.54, 1.807) is 27.9 Å².